The Morgan fingerprint density at radius 3 is 2.67 bits per heavy atom. The lowest BCUT2D eigenvalue weighted by Gasteiger charge is -2.12. The smallest absolute Gasteiger partial charge is 0.417 e. The van der Waals surface area contributed by atoms with Crippen LogP contribution in [0.5, 0.6) is 17.4 Å². The molecule has 2 heterocycles. The second-order valence-corrected chi connectivity index (χ2v) is 7.29. The third-order valence-corrected chi connectivity index (χ3v) is 4.87. The monoisotopic (exact) mass is 464 g/mol. The molecular formula is C19H17Cl2F3N2O4. The van der Waals surface area contributed by atoms with Gasteiger partial charge in [0, 0.05) is 24.2 Å². The van der Waals surface area contributed by atoms with Crippen molar-refractivity contribution in [1.29, 1.82) is 0 Å². The Balaban J connectivity index is 1.51. The molecule has 1 aromatic heterocycles. The summed E-state index contributed by atoms with van der Waals surface area (Å²) in [5, 5.41) is 13.9. The number of ether oxygens (including phenoxy) is 2. The lowest BCUT2D eigenvalue weighted by atomic mass is 10.0. The van der Waals surface area contributed by atoms with Crippen LogP contribution in [0, 0.1) is 0 Å². The van der Waals surface area contributed by atoms with Crippen molar-refractivity contribution in [3.63, 3.8) is 0 Å². The first-order valence-corrected chi connectivity index (χ1v) is 9.59. The molecule has 0 spiro atoms. The van der Waals surface area contributed by atoms with Crippen molar-refractivity contribution < 1.29 is 32.6 Å². The van der Waals surface area contributed by atoms with Gasteiger partial charge in [0.05, 0.1) is 30.0 Å². The molecule has 1 aliphatic rings. The van der Waals surface area contributed by atoms with Gasteiger partial charge in [0.2, 0.25) is 5.88 Å². The fourth-order valence-electron chi connectivity index (χ4n) is 2.91. The van der Waals surface area contributed by atoms with Crippen LogP contribution in [0.4, 0.5) is 13.2 Å². The molecule has 30 heavy (non-hydrogen) atoms. The number of hydrogen-bond donors (Lipinski definition) is 1. The molecule has 3 rings (SSSR count). The number of hydrogen-bond acceptors (Lipinski definition) is 6. The molecule has 0 saturated carbocycles. The fourth-order valence-corrected chi connectivity index (χ4v) is 3.42. The van der Waals surface area contributed by atoms with Crippen LogP contribution in [-0.4, -0.2) is 35.6 Å². The number of alkyl halides is 3. The van der Waals surface area contributed by atoms with Gasteiger partial charge in [-0.15, -0.1) is 0 Å². The first kappa shape index (κ1) is 22.3. The molecule has 1 aromatic carbocycles. The van der Waals surface area contributed by atoms with Gasteiger partial charge in [0.1, 0.15) is 22.6 Å². The Hall–Kier alpha value is -2.39. The Bertz CT molecular complexity index is 954. The molecule has 2 aromatic rings. The van der Waals surface area contributed by atoms with Crippen LogP contribution in [0.3, 0.4) is 0 Å². The highest BCUT2D eigenvalue weighted by molar-refractivity contribution is 6.33. The average Bonchev–Trinajstić information content (AvgIpc) is 3.13. The van der Waals surface area contributed by atoms with Crippen molar-refractivity contribution in [1.82, 2.24) is 4.98 Å². The number of aromatic nitrogens is 1. The largest absolute Gasteiger partial charge is 0.508 e. The zero-order valence-electron chi connectivity index (χ0n) is 15.7. The molecule has 0 aliphatic carbocycles. The number of phenols is 1. The third-order valence-electron chi connectivity index (χ3n) is 4.32. The maximum atomic E-state index is 12.6. The maximum absolute atomic E-state index is 12.6. The standard InChI is InChI=1S/C19H17Cl2F3N2O4/c1-28-17-13(6-11(27)7-14(17)20)16-8-12(30-26-16)3-2-4-29-18-15(21)5-10(9-25-18)19(22,23)24/h5-7,9,12,27H,2-4,8H2,1H3. The van der Waals surface area contributed by atoms with E-state index in [0.29, 0.717) is 42.5 Å². The van der Waals surface area contributed by atoms with Gasteiger partial charge in [-0.25, -0.2) is 4.98 Å². The SMILES string of the molecule is COc1c(Cl)cc(O)cc1C1=NOC(CCCOc2ncc(C(F)(F)F)cc2Cl)C1. The first-order valence-electron chi connectivity index (χ1n) is 8.84. The van der Waals surface area contributed by atoms with E-state index < -0.39 is 11.7 Å². The van der Waals surface area contributed by atoms with Crippen molar-refractivity contribution in [2.24, 2.45) is 5.16 Å². The molecule has 0 bridgehead atoms. The van der Waals surface area contributed by atoms with Gasteiger partial charge in [0.25, 0.3) is 0 Å². The van der Waals surface area contributed by atoms with Crippen molar-refractivity contribution >= 4 is 28.9 Å². The number of aromatic hydroxyl groups is 1. The van der Waals surface area contributed by atoms with Gasteiger partial charge in [0.15, 0.2) is 0 Å². The predicted molar refractivity (Wildman–Crippen MR) is 105 cm³/mol. The molecule has 1 N–H and O–H groups in total. The summed E-state index contributed by atoms with van der Waals surface area (Å²) in [5.74, 6) is 0.313. The number of rotatable bonds is 7. The Kier molecular flexibility index (Phi) is 6.82. The van der Waals surface area contributed by atoms with Gasteiger partial charge in [-0.1, -0.05) is 28.4 Å². The van der Waals surface area contributed by atoms with Crippen LogP contribution in [0.15, 0.2) is 29.6 Å². The Morgan fingerprint density at radius 1 is 1.23 bits per heavy atom. The number of oxime groups is 1. The highest BCUT2D eigenvalue weighted by Crippen LogP contribution is 2.36. The van der Waals surface area contributed by atoms with Crippen molar-refractivity contribution in [2.75, 3.05) is 13.7 Å². The van der Waals surface area contributed by atoms with Crippen LogP contribution in [0.2, 0.25) is 10.0 Å². The van der Waals surface area contributed by atoms with Crippen LogP contribution >= 0.6 is 23.2 Å². The van der Waals surface area contributed by atoms with E-state index in [1.54, 1.807) is 0 Å². The molecule has 11 heteroatoms. The van der Waals surface area contributed by atoms with Crippen LogP contribution in [-0.2, 0) is 11.0 Å². The highest BCUT2D eigenvalue weighted by Gasteiger charge is 2.32. The molecule has 1 unspecified atom stereocenters. The zero-order chi connectivity index (χ0) is 21.9. The van der Waals surface area contributed by atoms with E-state index in [4.69, 9.17) is 37.5 Å². The van der Waals surface area contributed by atoms with Gasteiger partial charge in [-0.2, -0.15) is 13.2 Å². The summed E-state index contributed by atoms with van der Waals surface area (Å²) < 4.78 is 48.5. The molecule has 6 nitrogen and oxygen atoms in total. The van der Waals surface area contributed by atoms with E-state index in [9.17, 15) is 18.3 Å². The van der Waals surface area contributed by atoms with Gasteiger partial charge >= 0.3 is 6.18 Å². The molecule has 0 fully saturated rings. The summed E-state index contributed by atoms with van der Waals surface area (Å²) in [4.78, 5) is 9.04. The Morgan fingerprint density at radius 2 is 2.00 bits per heavy atom. The van der Waals surface area contributed by atoms with Gasteiger partial charge < -0.3 is 19.4 Å². The van der Waals surface area contributed by atoms with E-state index in [2.05, 4.69) is 10.1 Å². The molecule has 1 atom stereocenters. The predicted octanol–water partition coefficient (Wildman–Crippen LogP) is 5.47. The van der Waals surface area contributed by atoms with Crippen molar-refractivity contribution in [2.45, 2.75) is 31.5 Å². The highest BCUT2D eigenvalue weighted by atomic mass is 35.5. The minimum atomic E-state index is -4.52. The number of pyridine rings is 1. The van der Waals surface area contributed by atoms with E-state index in [0.717, 1.165) is 6.07 Å². The number of methoxy groups -OCH3 is 1. The van der Waals surface area contributed by atoms with Crippen LogP contribution < -0.4 is 9.47 Å². The summed E-state index contributed by atoms with van der Waals surface area (Å²) in [7, 11) is 1.47. The first-order chi connectivity index (χ1) is 14.2. The summed E-state index contributed by atoms with van der Waals surface area (Å²) in [6, 6.07) is 3.64. The van der Waals surface area contributed by atoms with E-state index in [1.807, 2.05) is 0 Å². The number of nitrogens with zero attached hydrogens (tertiary/aromatic N) is 2. The average molecular weight is 465 g/mol. The topological polar surface area (TPSA) is 73.2 Å². The number of benzene rings is 1. The fraction of sp³-hybridized carbons (Fsp3) is 0.368. The second kappa shape index (κ2) is 9.18. The van der Waals surface area contributed by atoms with E-state index in [-0.39, 0.29) is 34.4 Å². The zero-order valence-corrected chi connectivity index (χ0v) is 17.2. The van der Waals surface area contributed by atoms with Crippen LogP contribution in [0.1, 0.15) is 30.4 Å². The normalized spacial score (nSPS) is 16.2. The Labute approximate surface area is 180 Å². The summed E-state index contributed by atoms with van der Waals surface area (Å²) in [5.41, 5.74) is 0.191. The second-order valence-electron chi connectivity index (χ2n) is 6.48. The number of halogens is 5. The van der Waals surface area contributed by atoms with Crippen LogP contribution in [0.25, 0.3) is 0 Å². The van der Waals surface area contributed by atoms with Gasteiger partial charge in [-0.05, 0) is 25.0 Å². The van der Waals surface area contributed by atoms with Gasteiger partial charge in [-0.3, -0.25) is 0 Å². The minimum Gasteiger partial charge on any atom is -0.508 e. The summed E-state index contributed by atoms with van der Waals surface area (Å²) >= 11 is 11.9. The lowest BCUT2D eigenvalue weighted by molar-refractivity contribution is -0.137. The minimum absolute atomic E-state index is 0.0173. The molecule has 162 valence electrons. The molecule has 0 radical (unpaired) electrons. The van der Waals surface area contributed by atoms with Crippen molar-refractivity contribution in [3.8, 4) is 17.4 Å². The van der Waals surface area contributed by atoms with E-state index >= 15 is 0 Å². The van der Waals surface area contributed by atoms with Crippen molar-refractivity contribution in [3.05, 3.63) is 45.6 Å². The van der Waals surface area contributed by atoms with E-state index in [1.165, 1.54) is 19.2 Å². The molecular weight excluding hydrogens is 448 g/mol. The molecule has 0 saturated heterocycles. The number of phenolic OH excluding ortho intramolecular Hbond substituents is 1. The molecule has 1 aliphatic heterocycles. The lowest BCUT2D eigenvalue weighted by Crippen LogP contribution is -2.11. The quantitative estimate of drug-likeness (QED) is 0.549. The maximum Gasteiger partial charge on any atom is 0.417 e. The third kappa shape index (κ3) is 5.20. The molecule has 0 amide bonds. The summed E-state index contributed by atoms with van der Waals surface area (Å²) in [6.45, 7) is 0.189. The summed E-state index contributed by atoms with van der Waals surface area (Å²) in [6.07, 6.45) is -2.50.